The predicted octanol–water partition coefficient (Wildman–Crippen LogP) is 4.57. The Bertz CT molecular complexity index is 1050. The zero-order chi connectivity index (χ0) is 20.6. The number of nitrogens with one attached hydrogen (secondary N) is 1. The van der Waals surface area contributed by atoms with Crippen LogP contribution in [0.25, 0.3) is 5.69 Å². The Labute approximate surface area is 176 Å². The van der Waals surface area contributed by atoms with Crippen molar-refractivity contribution in [2.24, 2.45) is 0 Å². The van der Waals surface area contributed by atoms with E-state index in [1.54, 1.807) is 4.68 Å². The Kier molecular flexibility index (Phi) is 6.47. The van der Waals surface area contributed by atoms with Crippen molar-refractivity contribution in [2.45, 2.75) is 32.4 Å². The fraction of sp³-hybridized carbons (Fsp3) is 0.208. The van der Waals surface area contributed by atoms with Crippen LogP contribution in [0.4, 0.5) is 0 Å². The molecule has 0 saturated carbocycles. The number of tetrazole rings is 1. The van der Waals surface area contributed by atoms with Crippen LogP contribution in [-0.4, -0.2) is 26.2 Å². The first-order chi connectivity index (χ1) is 14.8. The van der Waals surface area contributed by atoms with Gasteiger partial charge in [-0.05, 0) is 65.6 Å². The van der Waals surface area contributed by atoms with Crippen LogP contribution in [0.2, 0.25) is 0 Å². The van der Waals surface area contributed by atoms with Crippen LogP contribution in [0.1, 0.15) is 24.5 Å². The van der Waals surface area contributed by atoms with Gasteiger partial charge in [0.25, 0.3) is 0 Å². The van der Waals surface area contributed by atoms with Crippen molar-refractivity contribution in [3.63, 3.8) is 0 Å². The second kappa shape index (κ2) is 9.80. The van der Waals surface area contributed by atoms with Gasteiger partial charge in [0.05, 0.1) is 5.69 Å². The van der Waals surface area contributed by atoms with Crippen LogP contribution in [0.15, 0.2) is 84.9 Å². The van der Waals surface area contributed by atoms with E-state index in [4.69, 9.17) is 4.74 Å². The summed E-state index contributed by atoms with van der Waals surface area (Å²) < 4.78 is 7.54. The summed E-state index contributed by atoms with van der Waals surface area (Å²) in [7, 11) is 0. The lowest BCUT2D eigenvalue weighted by molar-refractivity contribution is 0.426. The maximum atomic E-state index is 5.96. The maximum Gasteiger partial charge on any atom is 0.345 e. The van der Waals surface area contributed by atoms with Gasteiger partial charge in [-0.2, -0.15) is 4.68 Å². The SMILES string of the molecule is C[C@H](CCc1ccccc1)NCc1cccc(Oc2nnnn2-c2ccccc2)c1. The molecule has 4 aromatic rings. The topological polar surface area (TPSA) is 64.9 Å². The number of nitrogens with zero attached hydrogens (tertiary/aromatic N) is 4. The highest BCUT2D eigenvalue weighted by Gasteiger charge is 2.11. The quantitative estimate of drug-likeness (QED) is 0.447. The summed E-state index contributed by atoms with van der Waals surface area (Å²) >= 11 is 0. The molecule has 0 saturated heterocycles. The molecule has 1 atom stereocenters. The molecule has 0 amide bonds. The summed E-state index contributed by atoms with van der Waals surface area (Å²) in [6.45, 7) is 2.99. The van der Waals surface area contributed by atoms with Gasteiger partial charge in [0.15, 0.2) is 0 Å². The third-order valence-corrected chi connectivity index (χ3v) is 4.91. The van der Waals surface area contributed by atoms with Crippen molar-refractivity contribution < 1.29 is 4.74 Å². The molecule has 3 aromatic carbocycles. The Morgan fingerprint density at radius 3 is 2.43 bits per heavy atom. The van der Waals surface area contributed by atoms with Crippen LogP contribution in [-0.2, 0) is 13.0 Å². The van der Waals surface area contributed by atoms with Gasteiger partial charge in [-0.25, -0.2) is 0 Å². The lowest BCUT2D eigenvalue weighted by Crippen LogP contribution is -2.25. The minimum atomic E-state index is 0.336. The van der Waals surface area contributed by atoms with E-state index in [1.165, 1.54) is 5.56 Å². The number of aryl methyl sites for hydroxylation is 1. The average molecular weight is 399 g/mol. The van der Waals surface area contributed by atoms with Crippen molar-refractivity contribution in [1.29, 1.82) is 0 Å². The highest BCUT2D eigenvalue weighted by Crippen LogP contribution is 2.22. The number of benzene rings is 3. The van der Waals surface area contributed by atoms with E-state index in [2.05, 4.69) is 64.2 Å². The lowest BCUT2D eigenvalue weighted by Gasteiger charge is -2.14. The number of hydrogen-bond donors (Lipinski definition) is 1. The molecule has 0 unspecified atom stereocenters. The third-order valence-electron chi connectivity index (χ3n) is 4.91. The van der Waals surface area contributed by atoms with E-state index in [-0.39, 0.29) is 0 Å². The van der Waals surface area contributed by atoms with Crippen molar-refractivity contribution in [1.82, 2.24) is 25.5 Å². The fourth-order valence-electron chi connectivity index (χ4n) is 3.22. The molecule has 6 heteroatoms. The Morgan fingerprint density at radius 1 is 0.900 bits per heavy atom. The van der Waals surface area contributed by atoms with Crippen LogP contribution < -0.4 is 10.1 Å². The summed E-state index contributed by atoms with van der Waals surface area (Å²) in [5.74, 6) is 0.707. The van der Waals surface area contributed by atoms with Gasteiger partial charge < -0.3 is 10.1 Å². The van der Waals surface area contributed by atoms with Gasteiger partial charge >= 0.3 is 6.01 Å². The summed E-state index contributed by atoms with van der Waals surface area (Å²) in [6, 6.07) is 29.0. The molecule has 0 bridgehead atoms. The van der Waals surface area contributed by atoms with E-state index in [9.17, 15) is 0 Å². The molecule has 152 valence electrons. The van der Waals surface area contributed by atoms with Gasteiger partial charge in [-0.3, -0.25) is 0 Å². The van der Waals surface area contributed by atoms with Gasteiger partial charge in [0.1, 0.15) is 5.75 Å². The van der Waals surface area contributed by atoms with E-state index in [0.717, 1.165) is 30.6 Å². The van der Waals surface area contributed by atoms with Gasteiger partial charge in [-0.15, -0.1) is 0 Å². The molecule has 1 aromatic heterocycles. The first-order valence-corrected chi connectivity index (χ1v) is 10.2. The highest BCUT2D eigenvalue weighted by atomic mass is 16.5. The van der Waals surface area contributed by atoms with E-state index in [1.807, 2.05) is 48.5 Å². The minimum absolute atomic E-state index is 0.336. The monoisotopic (exact) mass is 399 g/mol. The first kappa shape index (κ1) is 19.8. The zero-order valence-corrected chi connectivity index (χ0v) is 17.0. The van der Waals surface area contributed by atoms with Crippen molar-refractivity contribution in [2.75, 3.05) is 0 Å². The smallest absolute Gasteiger partial charge is 0.345 e. The van der Waals surface area contributed by atoms with Gasteiger partial charge in [0.2, 0.25) is 0 Å². The summed E-state index contributed by atoms with van der Waals surface area (Å²) in [5.41, 5.74) is 3.37. The third kappa shape index (κ3) is 5.30. The molecule has 0 aliphatic rings. The average Bonchev–Trinajstić information content (AvgIpc) is 3.26. The first-order valence-electron chi connectivity index (χ1n) is 10.2. The summed E-state index contributed by atoms with van der Waals surface area (Å²) in [6.07, 6.45) is 2.16. The maximum absolute atomic E-state index is 5.96. The van der Waals surface area contributed by atoms with Crippen LogP contribution in [0, 0.1) is 0 Å². The largest absolute Gasteiger partial charge is 0.423 e. The predicted molar refractivity (Wildman–Crippen MR) is 117 cm³/mol. The van der Waals surface area contributed by atoms with Gasteiger partial charge in [-0.1, -0.05) is 65.8 Å². The molecule has 0 fully saturated rings. The van der Waals surface area contributed by atoms with Crippen molar-refractivity contribution in [3.05, 3.63) is 96.1 Å². The van der Waals surface area contributed by atoms with Crippen LogP contribution in [0.3, 0.4) is 0 Å². The van der Waals surface area contributed by atoms with Crippen LogP contribution in [0.5, 0.6) is 11.8 Å². The van der Waals surface area contributed by atoms with E-state index >= 15 is 0 Å². The normalized spacial score (nSPS) is 11.9. The molecule has 30 heavy (non-hydrogen) atoms. The Morgan fingerprint density at radius 2 is 1.63 bits per heavy atom. The van der Waals surface area contributed by atoms with Gasteiger partial charge in [0, 0.05) is 12.6 Å². The molecule has 0 aliphatic carbocycles. The van der Waals surface area contributed by atoms with Crippen molar-refractivity contribution in [3.8, 4) is 17.4 Å². The molecule has 4 rings (SSSR count). The fourth-order valence-corrected chi connectivity index (χ4v) is 3.22. The molecular formula is C24H25N5O. The lowest BCUT2D eigenvalue weighted by atomic mass is 10.1. The molecule has 0 spiro atoms. The second-order valence-corrected chi connectivity index (χ2v) is 7.26. The number of ether oxygens (including phenoxy) is 1. The van der Waals surface area contributed by atoms with E-state index < -0.39 is 0 Å². The molecule has 0 aliphatic heterocycles. The summed E-state index contributed by atoms with van der Waals surface area (Å²) in [5, 5.41) is 15.4. The molecule has 1 N–H and O–H groups in total. The molecule has 1 heterocycles. The Balaban J connectivity index is 1.34. The Hall–Kier alpha value is -3.51. The number of rotatable bonds is 9. The zero-order valence-electron chi connectivity index (χ0n) is 17.0. The summed E-state index contributed by atoms with van der Waals surface area (Å²) in [4.78, 5) is 0. The molecule has 6 nitrogen and oxygen atoms in total. The number of para-hydroxylation sites is 1. The standard InChI is InChI=1S/C24H25N5O/c1-19(15-16-20-9-4-2-5-10-20)25-18-21-11-8-14-23(17-21)30-24-26-27-28-29(24)22-12-6-3-7-13-22/h2-14,17,19,25H,15-16,18H2,1H3/t19-/m1/s1. The minimum Gasteiger partial charge on any atom is -0.423 e. The second-order valence-electron chi connectivity index (χ2n) is 7.26. The van der Waals surface area contributed by atoms with E-state index in [0.29, 0.717) is 17.8 Å². The number of hydrogen-bond acceptors (Lipinski definition) is 5. The van der Waals surface area contributed by atoms with Crippen LogP contribution >= 0.6 is 0 Å². The molecule has 0 radical (unpaired) electrons. The molecular weight excluding hydrogens is 374 g/mol. The van der Waals surface area contributed by atoms with Crippen molar-refractivity contribution >= 4 is 0 Å². The highest BCUT2D eigenvalue weighted by molar-refractivity contribution is 5.34. The number of aromatic nitrogens is 4.